The van der Waals surface area contributed by atoms with Crippen LogP contribution in [0.25, 0.3) is 10.9 Å². The molecular weight excluding hydrogens is 253 g/mol. The van der Waals surface area contributed by atoms with Crippen molar-refractivity contribution in [2.24, 2.45) is 0 Å². The molecule has 8 heteroatoms. The predicted octanol–water partition coefficient (Wildman–Crippen LogP) is 1.64. The lowest BCUT2D eigenvalue weighted by Gasteiger charge is -2.09. The summed E-state index contributed by atoms with van der Waals surface area (Å²) in [7, 11) is 0. The minimum atomic E-state index is -4.71. The molecule has 94 valence electrons. The van der Waals surface area contributed by atoms with Crippen molar-refractivity contribution in [3.63, 3.8) is 0 Å². The van der Waals surface area contributed by atoms with Crippen LogP contribution in [0.1, 0.15) is 16.1 Å². The van der Waals surface area contributed by atoms with E-state index < -0.39 is 34.6 Å². The number of nitrogens with one attached hydrogen (secondary N) is 1. The third-order valence-corrected chi connectivity index (χ3v) is 2.27. The fourth-order valence-electron chi connectivity index (χ4n) is 1.57. The summed E-state index contributed by atoms with van der Waals surface area (Å²) in [4.78, 5) is 27.0. The molecule has 1 aromatic carbocycles. The Morgan fingerprint density at radius 3 is 2.56 bits per heavy atom. The largest absolute Gasteiger partial charge is 0.477 e. The maximum absolute atomic E-state index is 12.7. The first-order valence-corrected chi connectivity index (χ1v) is 4.64. The summed E-state index contributed by atoms with van der Waals surface area (Å²) >= 11 is 0. The van der Waals surface area contributed by atoms with E-state index in [2.05, 4.69) is 4.98 Å². The molecule has 5 nitrogen and oxygen atoms in total. The van der Waals surface area contributed by atoms with Crippen LogP contribution in [0.5, 0.6) is 0 Å². The van der Waals surface area contributed by atoms with Gasteiger partial charge in [0.2, 0.25) is 0 Å². The van der Waals surface area contributed by atoms with Gasteiger partial charge in [-0.15, -0.1) is 0 Å². The number of carboxylic acid groups (broad SMARTS) is 1. The number of aromatic carboxylic acids is 1. The highest BCUT2D eigenvalue weighted by molar-refractivity contribution is 6.01. The van der Waals surface area contributed by atoms with Crippen LogP contribution in [0, 0.1) is 0 Å². The van der Waals surface area contributed by atoms with Gasteiger partial charge in [0.1, 0.15) is 5.69 Å². The Balaban J connectivity index is 2.95. The Morgan fingerprint density at radius 2 is 2.00 bits per heavy atom. The molecule has 0 aliphatic carbocycles. The Labute approximate surface area is 96.9 Å². The van der Waals surface area contributed by atoms with E-state index in [1.807, 2.05) is 4.98 Å². The van der Waals surface area contributed by atoms with Crippen LogP contribution in [-0.4, -0.2) is 21.0 Å². The van der Waals surface area contributed by atoms with Gasteiger partial charge in [0, 0.05) is 5.39 Å². The minimum absolute atomic E-state index is 0.267. The molecular formula is C10H5F3N2O3. The molecule has 0 unspecified atom stereocenters. The van der Waals surface area contributed by atoms with Crippen molar-refractivity contribution in [2.45, 2.75) is 6.18 Å². The molecule has 18 heavy (non-hydrogen) atoms. The highest BCUT2D eigenvalue weighted by Crippen LogP contribution is 2.33. The average molecular weight is 258 g/mol. The first-order valence-electron chi connectivity index (χ1n) is 4.64. The molecule has 2 aromatic rings. The summed E-state index contributed by atoms with van der Waals surface area (Å²) < 4.78 is 38.0. The lowest BCUT2D eigenvalue weighted by molar-refractivity contribution is -0.136. The fourth-order valence-corrected chi connectivity index (χ4v) is 1.57. The van der Waals surface area contributed by atoms with Crippen LogP contribution in [0.2, 0.25) is 0 Å². The number of halogens is 3. The third kappa shape index (κ3) is 1.92. The third-order valence-electron chi connectivity index (χ3n) is 2.27. The summed E-state index contributed by atoms with van der Waals surface area (Å²) in [5, 5.41) is 8.56. The molecule has 1 aromatic heterocycles. The molecule has 0 saturated carbocycles. The van der Waals surface area contributed by atoms with E-state index in [0.717, 1.165) is 18.2 Å². The second-order valence-electron chi connectivity index (χ2n) is 3.42. The first-order chi connectivity index (χ1) is 8.30. The van der Waals surface area contributed by atoms with E-state index in [0.29, 0.717) is 0 Å². The number of benzene rings is 1. The van der Waals surface area contributed by atoms with Gasteiger partial charge in [-0.25, -0.2) is 9.59 Å². The lowest BCUT2D eigenvalue weighted by Crippen LogP contribution is -2.18. The van der Waals surface area contributed by atoms with Crippen LogP contribution >= 0.6 is 0 Å². The first kappa shape index (κ1) is 12.1. The molecule has 2 rings (SSSR count). The number of rotatable bonds is 1. The van der Waals surface area contributed by atoms with Gasteiger partial charge in [0.25, 0.3) is 0 Å². The van der Waals surface area contributed by atoms with Gasteiger partial charge < -0.3 is 5.11 Å². The zero-order chi connectivity index (χ0) is 13.5. The number of alkyl halides is 3. The molecule has 0 atom stereocenters. The van der Waals surface area contributed by atoms with Gasteiger partial charge in [-0.1, -0.05) is 12.1 Å². The van der Waals surface area contributed by atoms with Crippen LogP contribution in [0.15, 0.2) is 23.0 Å². The van der Waals surface area contributed by atoms with Crippen molar-refractivity contribution in [3.05, 3.63) is 39.9 Å². The van der Waals surface area contributed by atoms with E-state index in [-0.39, 0.29) is 5.39 Å². The summed E-state index contributed by atoms with van der Waals surface area (Å²) in [6.45, 7) is 0. The molecule has 1 heterocycles. The number of para-hydroxylation sites is 1. The van der Waals surface area contributed by atoms with Gasteiger partial charge in [-0.3, -0.25) is 4.98 Å². The van der Waals surface area contributed by atoms with Crippen molar-refractivity contribution >= 4 is 16.9 Å². The molecule has 0 amide bonds. The normalized spacial score (nSPS) is 11.7. The Bertz CT molecular complexity index is 691. The fraction of sp³-hybridized carbons (Fsp3) is 0.100. The number of hydrogen-bond donors (Lipinski definition) is 2. The number of aromatic amines is 1. The predicted molar refractivity (Wildman–Crippen MR) is 54.3 cm³/mol. The van der Waals surface area contributed by atoms with E-state index >= 15 is 0 Å². The number of carbonyl (C=O) groups is 1. The Hall–Kier alpha value is -2.38. The number of hydrogen-bond acceptors (Lipinski definition) is 3. The van der Waals surface area contributed by atoms with Crippen LogP contribution in [0.4, 0.5) is 13.2 Å². The number of H-pyrrole nitrogens is 1. The SMILES string of the molecule is O=C(O)c1[nH]c(=O)nc2c(C(F)(F)F)cccc12. The van der Waals surface area contributed by atoms with Crippen LogP contribution in [-0.2, 0) is 6.18 Å². The number of carboxylic acids is 1. The number of aromatic nitrogens is 2. The number of nitrogens with zero attached hydrogens (tertiary/aromatic N) is 1. The van der Waals surface area contributed by atoms with E-state index in [1.54, 1.807) is 0 Å². The van der Waals surface area contributed by atoms with Crippen LogP contribution in [0.3, 0.4) is 0 Å². The maximum Gasteiger partial charge on any atom is 0.418 e. The molecule has 2 N–H and O–H groups in total. The van der Waals surface area contributed by atoms with Crippen molar-refractivity contribution in [3.8, 4) is 0 Å². The summed E-state index contributed by atoms with van der Waals surface area (Å²) in [5.74, 6) is -1.53. The van der Waals surface area contributed by atoms with E-state index in [1.165, 1.54) is 0 Å². The monoisotopic (exact) mass is 258 g/mol. The molecule has 0 bridgehead atoms. The standard InChI is InChI=1S/C10H5F3N2O3/c11-10(12,13)5-3-1-2-4-6(5)14-9(18)15-7(4)8(16)17/h1-3H,(H,16,17)(H,14,15,18). The summed E-state index contributed by atoms with van der Waals surface area (Å²) in [6.07, 6.45) is -4.71. The molecule has 0 aliphatic rings. The van der Waals surface area contributed by atoms with E-state index in [4.69, 9.17) is 5.11 Å². The highest BCUT2D eigenvalue weighted by Gasteiger charge is 2.34. The molecule has 0 saturated heterocycles. The highest BCUT2D eigenvalue weighted by atomic mass is 19.4. The zero-order valence-electron chi connectivity index (χ0n) is 8.58. The second kappa shape index (κ2) is 3.83. The smallest absolute Gasteiger partial charge is 0.418 e. The van der Waals surface area contributed by atoms with Gasteiger partial charge in [0.15, 0.2) is 0 Å². The molecule has 0 aliphatic heterocycles. The van der Waals surface area contributed by atoms with E-state index in [9.17, 15) is 22.8 Å². The van der Waals surface area contributed by atoms with Crippen LogP contribution < -0.4 is 5.69 Å². The molecule has 0 spiro atoms. The van der Waals surface area contributed by atoms with Crippen molar-refractivity contribution < 1.29 is 23.1 Å². The maximum atomic E-state index is 12.7. The Kier molecular flexibility index (Phi) is 2.57. The summed E-state index contributed by atoms with van der Waals surface area (Å²) in [6, 6.07) is 2.94. The molecule has 0 radical (unpaired) electrons. The second-order valence-corrected chi connectivity index (χ2v) is 3.42. The lowest BCUT2D eigenvalue weighted by atomic mass is 10.1. The van der Waals surface area contributed by atoms with Gasteiger partial charge in [-0.05, 0) is 6.07 Å². The summed E-state index contributed by atoms with van der Waals surface area (Å²) in [5.41, 5.74) is -3.58. The Morgan fingerprint density at radius 1 is 1.33 bits per heavy atom. The van der Waals surface area contributed by atoms with Gasteiger partial charge in [0.05, 0.1) is 11.1 Å². The van der Waals surface area contributed by atoms with Gasteiger partial charge in [-0.2, -0.15) is 18.2 Å². The number of fused-ring (bicyclic) bond motifs is 1. The van der Waals surface area contributed by atoms with Crippen molar-refractivity contribution in [1.29, 1.82) is 0 Å². The van der Waals surface area contributed by atoms with Crippen molar-refractivity contribution in [1.82, 2.24) is 9.97 Å². The topological polar surface area (TPSA) is 83.0 Å². The average Bonchev–Trinajstić information content (AvgIpc) is 2.25. The van der Waals surface area contributed by atoms with Crippen molar-refractivity contribution in [2.75, 3.05) is 0 Å². The zero-order valence-corrected chi connectivity index (χ0v) is 8.58. The van der Waals surface area contributed by atoms with Gasteiger partial charge >= 0.3 is 17.8 Å². The minimum Gasteiger partial charge on any atom is -0.477 e. The quantitative estimate of drug-likeness (QED) is 0.814. The molecule has 0 fully saturated rings.